The summed E-state index contributed by atoms with van der Waals surface area (Å²) >= 11 is 7.77. The number of aliphatic carboxylic acids is 1. The summed E-state index contributed by atoms with van der Waals surface area (Å²) in [6.45, 7) is 3.52. The van der Waals surface area contributed by atoms with Gasteiger partial charge in [-0.3, -0.25) is 9.59 Å². The quantitative estimate of drug-likeness (QED) is 0.725. The number of hydrogen-bond donors (Lipinski definition) is 3. The van der Waals surface area contributed by atoms with E-state index >= 15 is 0 Å². The van der Waals surface area contributed by atoms with Crippen LogP contribution in [0.15, 0.2) is 18.2 Å². The van der Waals surface area contributed by atoms with E-state index in [2.05, 4.69) is 10.6 Å². The van der Waals surface area contributed by atoms with Gasteiger partial charge in [0.2, 0.25) is 5.91 Å². The lowest BCUT2D eigenvalue weighted by atomic mass is 9.92. The highest BCUT2D eigenvalue weighted by atomic mass is 35.5. The number of amides is 2. The Hall–Kier alpha value is -1.73. The van der Waals surface area contributed by atoms with Crippen molar-refractivity contribution in [1.29, 1.82) is 0 Å². The van der Waals surface area contributed by atoms with E-state index in [4.69, 9.17) is 11.6 Å². The molecule has 1 aromatic carbocycles. The Morgan fingerprint density at radius 3 is 2.44 bits per heavy atom. The number of carbonyl (C=O) groups excluding carboxylic acids is 2. The van der Waals surface area contributed by atoms with Crippen LogP contribution in [-0.4, -0.2) is 39.9 Å². The van der Waals surface area contributed by atoms with Gasteiger partial charge >= 0.3 is 5.97 Å². The second-order valence-corrected chi connectivity index (χ2v) is 7.92. The van der Waals surface area contributed by atoms with Crippen molar-refractivity contribution in [2.24, 2.45) is 5.92 Å². The Balaban J connectivity index is 2.23. The fourth-order valence-corrected chi connectivity index (χ4v) is 3.85. The smallest absolute Gasteiger partial charge is 0.329 e. The normalized spacial score (nSPS) is 16.3. The lowest BCUT2D eigenvalue weighted by molar-refractivity contribution is -0.144. The van der Waals surface area contributed by atoms with Crippen LogP contribution >= 0.6 is 23.4 Å². The molecule has 6 nitrogen and oxygen atoms in total. The van der Waals surface area contributed by atoms with E-state index in [0.717, 1.165) is 0 Å². The third kappa shape index (κ3) is 4.67. The lowest BCUT2D eigenvalue weighted by Gasteiger charge is -2.33. The van der Waals surface area contributed by atoms with Gasteiger partial charge in [-0.2, -0.15) is 11.8 Å². The van der Waals surface area contributed by atoms with Crippen molar-refractivity contribution >= 4 is 46.8 Å². The molecule has 0 saturated carbocycles. The Morgan fingerprint density at radius 2 is 1.88 bits per heavy atom. The van der Waals surface area contributed by atoms with Gasteiger partial charge in [-0.25, -0.2) is 4.79 Å². The molecule has 136 valence electrons. The van der Waals surface area contributed by atoms with Gasteiger partial charge in [-0.15, -0.1) is 0 Å². The predicted octanol–water partition coefficient (Wildman–Crippen LogP) is 3.01. The first-order valence-electron chi connectivity index (χ1n) is 7.99. The number of carbonyl (C=O) groups is 3. The van der Waals surface area contributed by atoms with E-state index in [0.29, 0.717) is 30.0 Å². The molecule has 0 radical (unpaired) electrons. The number of hydrogen-bond acceptors (Lipinski definition) is 4. The minimum atomic E-state index is -1.27. The van der Waals surface area contributed by atoms with Gasteiger partial charge in [0, 0.05) is 11.6 Å². The largest absolute Gasteiger partial charge is 0.480 e. The average Bonchev–Trinajstić information content (AvgIpc) is 2.57. The maximum atomic E-state index is 12.6. The van der Waals surface area contributed by atoms with Gasteiger partial charge in [0.25, 0.3) is 5.91 Å². The van der Waals surface area contributed by atoms with Crippen molar-refractivity contribution in [1.82, 2.24) is 5.32 Å². The van der Waals surface area contributed by atoms with Crippen LogP contribution in [0, 0.1) is 5.92 Å². The molecule has 0 unspecified atom stereocenters. The molecule has 1 aromatic rings. The number of halogens is 1. The number of carboxylic acids is 1. The average molecular weight is 385 g/mol. The van der Waals surface area contributed by atoms with Crippen molar-refractivity contribution < 1.29 is 19.5 Å². The summed E-state index contributed by atoms with van der Waals surface area (Å²) in [4.78, 5) is 36.1. The Kier molecular flexibility index (Phi) is 6.35. The standard InChI is InChI=1S/C17H21ClN2O4S/c1-10(2)14(21)19-11-3-4-13(18)12(9-11)15(22)20-17(16(23)24)5-7-25-8-6-17/h3-4,9-10H,5-8H2,1-2H3,(H,19,21)(H,20,22)(H,23,24). The van der Waals surface area contributed by atoms with Crippen LogP contribution in [-0.2, 0) is 9.59 Å². The number of carboxylic acid groups (broad SMARTS) is 1. The van der Waals surface area contributed by atoms with Crippen LogP contribution < -0.4 is 10.6 Å². The van der Waals surface area contributed by atoms with Gasteiger partial charge in [-0.05, 0) is 42.5 Å². The molecule has 0 bridgehead atoms. The fourth-order valence-electron chi connectivity index (χ4n) is 2.46. The number of anilines is 1. The molecule has 1 aliphatic heterocycles. The SMILES string of the molecule is CC(C)C(=O)Nc1ccc(Cl)c(C(=O)NC2(C(=O)O)CCSCC2)c1. The molecular weight excluding hydrogens is 364 g/mol. The third-order valence-electron chi connectivity index (χ3n) is 4.11. The topological polar surface area (TPSA) is 95.5 Å². The van der Waals surface area contributed by atoms with Crippen molar-refractivity contribution in [3.63, 3.8) is 0 Å². The van der Waals surface area contributed by atoms with E-state index in [9.17, 15) is 19.5 Å². The van der Waals surface area contributed by atoms with E-state index in [-0.39, 0.29) is 22.4 Å². The first-order valence-corrected chi connectivity index (χ1v) is 9.52. The van der Waals surface area contributed by atoms with Gasteiger partial charge in [0.1, 0.15) is 5.54 Å². The van der Waals surface area contributed by atoms with Crippen molar-refractivity contribution in [3.05, 3.63) is 28.8 Å². The fraction of sp³-hybridized carbons (Fsp3) is 0.471. The summed E-state index contributed by atoms with van der Waals surface area (Å²) in [7, 11) is 0. The predicted molar refractivity (Wildman–Crippen MR) is 99.3 cm³/mol. The summed E-state index contributed by atoms with van der Waals surface area (Å²) < 4.78 is 0. The highest BCUT2D eigenvalue weighted by Gasteiger charge is 2.41. The molecule has 3 N–H and O–H groups in total. The first-order chi connectivity index (χ1) is 11.7. The number of nitrogens with one attached hydrogen (secondary N) is 2. The summed E-state index contributed by atoms with van der Waals surface area (Å²) in [5, 5.41) is 15.1. The van der Waals surface area contributed by atoms with Crippen molar-refractivity contribution in [2.45, 2.75) is 32.2 Å². The molecule has 0 spiro atoms. The van der Waals surface area contributed by atoms with Gasteiger partial charge < -0.3 is 15.7 Å². The second kappa shape index (κ2) is 8.10. The number of rotatable bonds is 5. The molecule has 0 atom stereocenters. The summed E-state index contributed by atoms with van der Waals surface area (Å²) in [5.41, 5.74) is -0.693. The second-order valence-electron chi connectivity index (χ2n) is 6.29. The molecule has 25 heavy (non-hydrogen) atoms. The minimum Gasteiger partial charge on any atom is -0.480 e. The van der Waals surface area contributed by atoms with E-state index in [1.165, 1.54) is 12.1 Å². The van der Waals surface area contributed by atoms with Crippen LogP contribution in [0.5, 0.6) is 0 Å². The van der Waals surface area contributed by atoms with Crippen LogP contribution in [0.4, 0.5) is 5.69 Å². The van der Waals surface area contributed by atoms with E-state index in [1.54, 1.807) is 31.7 Å². The minimum absolute atomic E-state index is 0.141. The van der Waals surface area contributed by atoms with Crippen LogP contribution in [0.2, 0.25) is 5.02 Å². The van der Waals surface area contributed by atoms with Gasteiger partial charge in [-0.1, -0.05) is 25.4 Å². The molecule has 0 aliphatic carbocycles. The zero-order chi connectivity index (χ0) is 18.6. The van der Waals surface area contributed by atoms with E-state index < -0.39 is 17.4 Å². The molecule has 0 aromatic heterocycles. The van der Waals surface area contributed by atoms with Gasteiger partial charge in [0.15, 0.2) is 0 Å². The highest BCUT2D eigenvalue weighted by Crippen LogP contribution is 2.29. The molecule has 2 rings (SSSR count). The molecule has 1 fully saturated rings. The summed E-state index contributed by atoms with van der Waals surface area (Å²) in [6, 6.07) is 4.57. The van der Waals surface area contributed by atoms with Gasteiger partial charge in [0.05, 0.1) is 10.6 Å². The summed E-state index contributed by atoms with van der Waals surface area (Å²) in [6.07, 6.45) is 0.722. The zero-order valence-corrected chi connectivity index (χ0v) is 15.7. The van der Waals surface area contributed by atoms with E-state index in [1.807, 2.05) is 0 Å². The highest BCUT2D eigenvalue weighted by molar-refractivity contribution is 7.99. The van der Waals surface area contributed by atoms with Crippen LogP contribution in [0.25, 0.3) is 0 Å². The zero-order valence-electron chi connectivity index (χ0n) is 14.1. The number of benzene rings is 1. The monoisotopic (exact) mass is 384 g/mol. The molecule has 8 heteroatoms. The molecule has 2 amide bonds. The van der Waals surface area contributed by atoms with Crippen molar-refractivity contribution in [3.8, 4) is 0 Å². The Labute approximate surface area is 155 Å². The molecular formula is C17H21ClN2O4S. The maximum absolute atomic E-state index is 12.6. The number of thioether (sulfide) groups is 1. The third-order valence-corrected chi connectivity index (χ3v) is 5.43. The first kappa shape index (κ1) is 19.6. The van der Waals surface area contributed by atoms with Crippen LogP contribution in [0.3, 0.4) is 0 Å². The van der Waals surface area contributed by atoms with Crippen LogP contribution in [0.1, 0.15) is 37.0 Å². The molecule has 1 heterocycles. The summed E-state index contributed by atoms with van der Waals surface area (Å²) in [5.74, 6) is -0.639. The Bertz CT molecular complexity index is 687. The molecule has 1 saturated heterocycles. The Morgan fingerprint density at radius 1 is 1.24 bits per heavy atom. The maximum Gasteiger partial charge on any atom is 0.329 e. The van der Waals surface area contributed by atoms with Crippen molar-refractivity contribution in [2.75, 3.05) is 16.8 Å². The molecule has 1 aliphatic rings. The lowest BCUT2D eigenvalue weighted by Crippen LogP contribution is -2.56.